The van der Waals surface area contributed by atoms with E-state index in [1.165, 1.54) is 57.5 Å². The third kappa shape index (κ3) is 4.99. The van der Waals surface area contributed by atoms with E-state index in [2.05, 4.69) is 6.92 Å². The fourth-order valence-electron chi connectivity index (χ4n) is 2.86. The molecule has 5 nitrogen and oxygen atoms in total. The number of carbonyl (C=O) groups is 2. The Morgan fingerprint density at radius 3 is 2.05 bits per heavy atom. The quantitative estimate of drug-likeness (QED) is 0.666. The van der Waals surface area contributed by atoms with Gasteiger partial charge in [-0.1, -0.05) is 58.3 Å². The topological polar surface area (TPSA) is 60.9 Å². The third-order valence-electron chi connectivity index (χ3n) is 4.36. The summed E-state index contributed by atoms with van der Waals surface area (Å²) in [4.78, 5) is 26.1. The van der Waals surface area contributed by atoms with Crippen molar-refractivity contribution in [1.82, 2.24) is 9.80 Å². The van der Waals surface area contributed by atoms with Gasteiger partial charge in [-0.15, -0.1) is 0 Å². The normalized spacial score (nSPS) is 23.0. The van der Waals surface area contributed by atoms with E-state index in [1.54, 1.807) is 0 Å². The summed E-state index contributed by atoms with van der Waals surface area (Å²) < 4.78 is 0. The molecule has 0 radical (unpaired) electrons. The molecule has 3 amide bonds. The average molecular weight is 298 g/mol. The summed E-state index contributed by atoms with van der Waals surface area (Å²) in [6.07, 6.45) is 9.30. The minimum absolute atomic E-state index is 0.256. The summed E-state index contributed by atoms with van der Waals surface area (Å²) in [7, 11) is 3.02. The monoisotopic (exact) mass is 298 g/mol. The number of rotatable bonds is 9. The molecule has 1 N–H and O–H groups in total. The first-order valence-electron chi connectivity index (χ1n) is 8.23. The molecule has 0 aromatic rings. The van der Waals surface area contributed by atoms with Gasteiger partial charge in [0.2, 0.25) is 5.91 Å². The van der Waals surface area contributed by atoms with Crippen molar-refractivity contribution in [2.45, 2.75) is 70.9 Å². The Balaban J connectivity index is 2.24. The van der Waals surface area contributed by atoms with Gasteiger partial charge in [-0.2, -0.15) is 0 Å². The molecule has 0 saturated carbocycles. The van der Waals surface area contributed by atoms with Crippen LogP contribution in [0.5, 0.6) is 0 Å². The SMILES string of the molecule is CCCCCCCCCCC1C(=O)N(C)C(=O)N(C)C1O. The number of hydrogen-bond donors (Lipinski definition) is 1. The van der Waals surface area contributed by atoms with Crippen LogP contribution in [0.15, 0.2) is 0 Å². The number of unbranched alkanes of at least 4 members (excludes halogenated alkanes) is 7. The minimum atomic E-state index is -0.981. The Kier molecular flexibility index (Phi) is 7.72. The molecule has 1 fully saturated rings. The second-order valence-electron chi connectivity index (χ2n) is 6.07. The zero-order valence-corrected chi connectivity index (χ0v) is 13.7. The van der Waals surface area contributed by atoms with Crippen LogP contribution in [0, 0.1) is 5.92 Å². The summed E-state index contributed by atoms with van der Waals surface area (Å²) in [6, 6.07) is -0.431. The molecule has 1 heterocycles. The lowest BCUT2D eigenvalue weighted by Gasteiger charge is -2.38. The molecule has 21 heavy (non-hydrogen) atoms. The van der Waals surface area contributed by atoms with E-state index in [0.717, 1.165) is 17.7 Å². The van der Waals surface area contributed by atoms with E-state index in [0.29, 0.717) is 6.42 Å². The Bertz CT molecular complexity index is 346. The molecule has 0 aromatic carbocycles. The van der Waals surface area contributed by atoms with Crippen LogP contribution in [0.25, 0.3) is 0 Å². The maximum Gasteiger partial charge on any atom is 0.328 e. The summed E-state index contributed by atoms with van der Waals surface area (Å²) >= 11 is 0. The summed E-state index contributed by atoms with van der Waals surface area (Å²) in [5.74, 6) is -0.730. The molecule has 2 unspecified atom stereocenters. The van der Waals surface area contributed by atoms with Crippen LogP contribution in [0.1, 0.15) is 64.7 Å². The second-order valence-corrected chi connectivity index (χ2v) is 6.07. The lowest BCUT2D eigenvalue weighted by Crippen LogP contribution is -2.59. The maximum atomic E-state index is 12.0. The lowest BCUT2D eigenvalue weighted by atomic mass is 9.95. The largest absolute Gasteiger partial charge is 0.373 e. The van der Waals surface area contributed by atoms with Crippen molar-refractivity contribution >= 4 is 11.9 Å². The van der Waals surface area contributed by atoms with E-state index in [9.17, 15) is 14.7 Å². The first-order chi connectivity index (χ1) is 10.0. The van der Waals surface area contributed by atoms with E-state index in [-0.39, 0.29) is 5.91 Å². The molecule has 1 aliphatic heterocycles. The molecule has 1 saturated heterocycles. The number of nitrogens with zero attached hydrogens (tertiary/aromatic N) is 2. The average Bonchev–Trinajstić information content (AvgIpc) is 2.49. The van der Waals surface area contributed by atoms with Gasteiger partial charge in [0.25, 0.3) is 0 Å². The van der Waals surface area contributed by atoms with Crippen molar-refractivity contribution in [1.29, 1.82) is 0 Å². The summed E-state index contributed by atoms with van der Waals surface area (Å²) in [5.41, 5.74) is 0. The molecule has 122 valence electrons. The lowest BCUT2D eigenvalue weighted by molar-refractivity contribution is -0.146. The van der Waals surface area contributed by atoms with E-state index >= 15 is 0 Å². The number of carbonyl (C=O) groups excluding carboxylic acids is 2. The maximum absolute atomic E-state index is 12.0. The van der Waals surface area contributed by atoms with Crippen LogP contribution in [0.4, 0.5) is 4.79 Å². The number of hydrogen-bond acceptors (Lipinski definition) is 3. The predicted molar refractivity (Wildman–Crippen MR) is 82.7 cm³/mol. The van der Waals surface area contributed by atoms with Crippen molar-refractivity contribution in [3.8, 4) is 0 Å². The molecule has 0 bridgehead atoms. The fourth-order valence-corrected chi connectivity index (χ4v) is 2.86. The zero-order valence-electron chi connectivity index (χ0n) is 13.7. The molecule has 1 aliphatic rings. The van der Waals surface area contributed by atoms with Crippen molar-refractivity contribution in [3.63, 3.8) is 0 Å². The number of aliphatic hydroxyl groups excluding tert-OH is 1. The summed E-state index contributed by atoms with van der Waals surface area (Å²) in [6.45, 7) is 2.21. The Morgan fingerprint density at radius 2 is 1.48 bits per heavy atom. The van der Waals surface area contributed by atoms with Gasteiger partial charge in [0.1, 0.15) is 6.23 Å². The van der Waals surface area contributed by atoms with Gasteiger partial charge >= 0.3 is 6.03 Å². The van der Waals surface area contributed by atoms with Gasteiger partial charge in [-0.05, 0) is 6.42 Å². The van der Waals surface area contributed by atoms with Crippen LogP contribution in [-0.4, -0.2) is 47.2 Å². The molecular formula is C16H30N2O3. The van der Waals surface area contributed by atoms with Crippen molar-refractivity contribution < 1.29 is 14.7 Å². The van der Waals surface area contributed by atoms with E-state index < -0.39 is 18.2 Å². The van der Waals surface area contributed by atoms with Gasteiger partial charge in [0, 0.05) is 14.1 Å². The smallest absolute Gasteiger partial charge is 0.328 e. The Morgan fingerprint density at radius 1 is 0.952 bits per heavy atom. The first kappa shape index (κ1) is 18.0. The highest BCUT2D eigenvalue weighted by molar-refractivity contribution is 5.97. The molecule has 0 aliphatic carbocycles. The Labute approximate surface area is 128 Å². The highest BCUT2D eigenvalue weighted by Crippen LogP contribution is 2.24. The molecule has 2 atom stereocenters. The van der Waals surface area contributed by atoms with Crippen LogP contribution < -0.4 is 0 Å². The van der Waals surface area contributed by atoms with Gasteiger partial charge in [-0.3, -0.25) is 9.69 Å². The molecule has 5 heteroatoms. The Hall–Kier alpha value is -1.10. The first-order valence-corrected chi connectivity index (χ1v) is 8.23. The van der Waals surface area contributed by atoms with Gasteiger partial charge < -0.3 is 10.0 Å². The zero-order chi connectivity index (χ0) is 15.8. The van der Waals surface area contributed by atoms with E-state index in [1.807, 2.05) is 0 Å². The molecule has 0 aromatic heterocycles. The highest BCUT2D eigenvalue weighted by Gasteiger charge is 2.41. The van der Waals surface area contributed by atoms with Gasteiger partial charge in [0.15, 0.2) is 0 Å². The third-order valence-corrected chi connectivity index (χ3v) is 4.36. The standard InChI is InChI=1S/C16H30N2O3/c1-4-5-6-7-8-9-10-11-12-13-14(19)17(2)16(21)18(3)15(13)20/h13-14,19H,4-12H2,1-3H3. The highest BCUT2D eigenvalue weighted by atomic mass is 16.3. The van der Waals surface area contributed by atoms with Crippen LogP contribution in [0.2, 0.25) is 0 Å². The minimum Gasteiger partial charge on any atom is -0.373 e. The van der Waals surface area contributed by atoms with Gasteiger partial charge in [-0.25, -0.2) is 4.79 Å². The van der Waals surface area contributed by atoms with Crippen LogP contribution in [-0.2, 0) is 4.79 Å². The van der Waals surface area contributed by atoms with Gasteiger partial charge in [0.05, 0.1) is 5.92 Å². The predicted octanol–water partition coefficient (Wildman–Crippen LogP) is 2.98. The van der Waals surface area contributed by atoms with Crippen molar-refractivity contribution in [3.05, 3.63) is 0 Å². The second kappa shape index (κ2) is 9.03. The van der Waals surface area contributed by atoms with E-state index in [4.69, 9.17) is 0 Å². The molecular weight excluding hydrogens is 268 g/mol. The number of aliphatic hydroxyl groups is 1. The number of urea groups is 1. The summed E-state index contributed by atoms with van der Waals surface area (Å²) in [5, 5.41) is 10.1. The number of imide groups is 1. The van der Waals surface area contributed by atoms with Crippen LogP contribution in [0.3, 0.4) is 0 Å². The van der Waals surface area contributed by atoms with Crippen molar-refractivity contribution in [2.75, 3.05) is 14.1 Å². The van der Waals surface area contributed by atoms with Crippen LogP contribution >= 0.6 is 0 Å². The number of amides is 3. The molecule has 0 spiro atoms. The molecule has 1 rings (SSSR count). The fraction of sp³-hybridized carbons (Fsp3) is 0.875. The van der Waals surface area contributed by atoms with Crippen molar-refractivity contribution in [2.24, 2.45) is 5.92 Å².